The van der Waals surface area contributed by atoms with E-state index in [1.165, 1.54) is 22.3 Å². The van der Waals surface area contributed by atoms with E-state index in [1.807, 2.05) is 24.3 Å². The molecule has 0 atom stereocenters. The van der Waals surface area contributed by atoms with Gasteiger partial charge in [-0.05, 0) is 72.6 Å². The Morgan fingerprint density at radius 2 is 1.44 bits per heavy atom. The molecule has 0 saturated heterocycles. The molecule has 0 amide bonds. The predicted molar refractivity (Wildman–Crippen MR) is 105 cm³/mol. The Labute approximate surface area is 153 Å². The topological polar surface area (TPSA) is 23.8 Å². The molecule has 0 spiro atoms. The molecule has 1 nitrogen and oxygen atoms in total. The van der Waals surface area contributed by atoms with Crippen LogP contribution < -0.4 is 0 Å². The second-order valence-electron chi connectivity index (χ2n) is 5.86. The lowest BCUT2D eigenvalue weighted by atomic mass is 9.99. The third-order valence-electron chi connectivity index (χ3n) is 3.97. The summed E-state index contributed by atoms with van der Waals surface area (Å²) in [5, 5.41) is 10.7. The van der Waals surface area contributed by atoms with Crippen molar-refractivity contribution in [2.24, 2.45) is 0 Å². The molecule has 0 aromatic heterocycles. The summed E-state index contributed by atoms with van der Waals surface area (Å²) in [4.78, 5) is 0.937. The van der Waals surface area contributed by atoms with E-state index in [1.54, 1.807) is 0 Å². The number of rotatable bonds is 2. The van der Waals surface area contributed by atoms with Crippen LogP contribution in [0.2, 0.25) is 0 Å². The molecule has 0 aliphatic rings. The number of thiocyanates is 1. The fourth-order valence-corrected chi connectivity index (χ4v) is 2.91. The first-order valence-corrected chi connectivity index (χ1v) is 8.83. The van der Waals surface area contributed by atoms with Crippen LogP contribution in [0.3, 0.4) is 0 Å². The highest BCUT2D eigenvalue weighted by atomic mass is 32.2. The first-order valence-electron chi connectivity index (χ1n) is 8.01. The lowest BCUT2D eigenvalue weighted by molar-refractivity contribution is 1.42. The van der Waals surface area contributed by atoms with Crippen molar-refractivity contribution in [3.05, 3.63) is 89.0 Å². The number of hydrogen-bond donors (Lipinski definition) is 0. The molecule has 2 heteroatoms. The second kappa shape index (κ2) is 7.75. The van der Waals surface area contributed by atoms with E-state index in [4.69, 9.17) is 5.26 Å². The van der Waals surface area contributed by atoms with Crippen molar-refractivity contribution in [1.82, 2.24) is 0 Å². The molecule has 25 heavy (non-hydrogen) atoms. The molecule has 0 aliphatic carbocycles. The molecule has 0 radical (unpaired) electrons. The van der Waals surface area contributed by atoms with Crippen molar-refractivity contribution in [1.29, 1.82) is 5.26 Å². The number of hydrogen-bond acceptors (Lipinski definition) is 2. The van der Waals surface area contributed by atoms with Gasteiger partial charge >= 0.3 is 0 Å². The summed E-state index contributed by atoms with van der Waals surface area (Å²) in [5.41, 5.74) is 6.85. The van der Waals surface area contributed by atoms with Gasteiger partial charge in [0.05, 0.1) is 0 Å². The summed E-state index contributed by atoms with van der Waals surface area (Å²) >= 11 is 1.16. The van der Waals surface area contributed by atoms with Gasteiger partial charge in [-0.25, -0.2) is 0 Å². The number of nitriles is 1. The smallest absolute Gasteiger partial charge is 0.138 e. The first-order chi connectivity index (χ1) is 12.2. The minimum absolute atomic E-state index is 0.937. The van der Waals surface area contributed by atoms with Crippen LogP contribution in [0.4, 0.5) is 0 Å². The first kappa shape index (κ1) is 16.9. The molecule has 3 aromatic rings. The minimum atomic E-state index is 0.937. The van der Waals surface area contributed by atoms with Gasteiger partial charge in [0.15, 0.2) is 0 Å². The summed E-state index contributed by atoms with van der Waals surface area (Å²) in [6, 6.07) is 22.7. The Bertz CT molecular complexity index is 981. The van der Waals surface area contributed by atoms with Crippen molar-refractivity contribution in [2.75, 3.05) is 0 Å². The Morgan fingerprint density at radius 3 is 2.08 bits per heavy atom. The zero-order valence-electron chi connectivity index (χ0n) is 14.2. The second-order valence-corrected chi connectivity index (χ2v) is 6.72. The third-order valence-corrected chi connectivity index (χ3v) is 4.57. The number of nitrogens with zero attached hydrogens (tertiary/aromatic N) is 1. The Morgan fingerprint density at radius 1 is 0.760 bits per heavy atom. The van der Waals surface area contributed by atoms with Gasteiger partial charge in [-0.3, -0.25) is 0 Å². The van der Waals surface area contributed by atoms with Crippen LogP contribution >= 0.6 is 11.8 Å². The maximum atomic E-state index is 8.67. The molecule has 0 fully saturated rings. The van der Waals surface area contributed by atoms with E-state index in [9.17, 15) is 0 Å². The van der Waals surface area contributed by atoms with Gasteiger partial charge in [0.2, 0.25) is 0 Å². The summed E-state index contributed by atoms with van der Waals surface area (Å²) in [5.74, 6) is 6.44. The normalized spacial score (nSPS) is 9.80. The van der Waals surface area contributed by atoms with Crippen molar-refractivity contribution < 1.29 is 0 Å². The molecule has 0 saturated carbocycles. The molecule has 0 unspecified atom stereocenters. The van der Waals surface area contributed by atoms with Gasteiger partial charge in [-0.2, -0.15) is 5.26 Å². The van der Waals surface area contributed by atoms with Crippen molar-refractivity contribution in [2.45, 2.75) is 18.7 Å². The average molecular weight is 339 g/mol. The Balaban J connectivity index is 1.82. The van der Waals surface area contributed by atoms with E-state index < -0.39 is 0 Å². The van der Waals surface area contributed by atoms with Crippen LogP contribution in [0.25, 0.3) is 11.1 Å². The Hall–Kier alpha value is -2.94. The highest BCUT2D eigenvalue weighted by Crippen LogP contribution is 2.22. The average Bonchev–Trinajstić information content (AvgIpc) is 2.63. The van der Waals surface area contributed by atoms with Crippen molar-refractivity contribution >= 4 is 11.8 Å². The van der Waals surface area contributed by atoms with Gasteiger partial charge in [-0.1, -0.05) is 53.8 Å². The van der Waals surface area contributed by atoms with Crippen LogP contribution in [-0.4, -0.2) is 0 Å². The number of aryl methyl sites for hydroxylation is 2. The quantitative estimate of drug-likeness (QED) is 0.327. The predicted octanol–water partition coefficient (Wildman–Crippen LogP) is 5.94. The Kier molecular flexibility index (Phi) is 5.24. The van der Waals surface area contributed by atoms with Crippen LogP contribution in [0, 0.1) is 36.4 Å². The highest BCUT2D eigenvalue weighted by molar-refractivity contribution is 8.03. The van der Waals surface area contributed by atoms with Crippen LogP contribution in [0.5, 0.6) is 0 Å². The lowest BCUT2D eigenvalue weighted by Gasteiger charge is -2.05. The van der Waals surface area contributed by atoms with Crippen LogP contribution in [-0.2, 0) is 0 Å². The van der Waals surface area contributed by atoms with Crippen LogP contribution in [0.1, 0.15) is 22.3 Å². The monoisotopic (exact) mass is 339 g/mol. The van der Waals surface area contributed by atoms with Gasteiger partial charge < -0.3 is 0 Å². The molecular formula is C23H17NS. The van der Waals surface area contributed by atoms with E-state index >= 15 is 0 Å². The molecule has 3 aromatic carbocycles. The van der Waals surface area contributed by atoms with Gasteiger partial charge in [0.25, 0.3) is 0 Å². The number of thioether (sulfide) groups is 1. The lowest BCUT2D eigenvalue weighted by Crippen LogP contribution is -1.85. The highest BCUT2D eigenvalue weighted by Gasteiger charge is 2.01. The van der Waals surface area contributed by atoms with Crippen LogP contribution in [0.15, 0.2) is 71.6 Å². The van der Waals surface area contributed by atoms with E-state index in [0.29, 0.717) is 0 Å². The SMILES string of the molecule is Cc1ccc(-c2ccc(C#Cc3ccc(SC#N)cc3)c(C)c2)cc1. The summed E-state index contributed by atoms with van der Waals surface area (Å²) < 4.78 is 0. The molecule has 3 rings (SSSR count). The maximum absolute atomic E-state index is 8.67. The summed E-state index contributed by atoms with van der Waals surface area (Å²) in [6.45, 7) is 4.19. The molecule has 120 valence electrons. The molecule has 0 bridgehead atoms. The third kappa shape index (κ3) is 4.32. The van der Waals surface area contributed by atoms with E-state index in [0.717, 1.165) is 27.8 Å². The maximum Gasteiger partial charge on any atom is 0.138 e. The molecule has 0 N–H and O–H groups in total. The minimum Gasteiger partial charge on any atom is -0.185 e. The molecular weight excluding hydrogens is 322 g/mol. The fraction of sp³-hybridized carbons (Fsp3) is 0.0870. The zero-order chi connectivity index (χ0) is 17.6. The zero-order valence-corrected chi connectivity index (χ0v) is 15.0. The van der Waals surface area contributed by atoms with E-state index in [-0.39, 0.29) is 0 Å². The van der Waals surface area contributed by atoms with Gasteiger partial charge in [0.1, 0.15) is 5.40 Å². The van der Waals surface area contributed by atoms with Crippen molar-refractivity contribution in [3.63, 3.8) is 0 Å². The summed E-state index contributed by atoms with van der Waals surface area (Å²) in [6.07, 6.45) is 0. The standard InChI is InChI=1S/C23H17NS/c1-17-3-8-21(9-4-17)22-12-11-20(18(2)15-22)10-5-19-6-13-23(14-7-19)25-16-24/h3-4,6-9,11-15H,1-2H3. The van der Waals surface area contributed by atoms with E-state index in [2.05, 4.69) is 73.6 Å². The molecule has 0 aliphatic heterocycles. The fourth-order valence-electron chi connectivity index (χ4n) is 2.53. The van der Waals surface area contributed by atoms with Gasteiger partial charge in [0, 0.05) is 16.0 Å². The molecule has 0 heterocycles. The number of benzene rings is 3. The van der Waals surface area contributed by atoms with Gasteiger partial charge in [-0.15, -0.1) is 0 Å². The van der Waals surface area contributed by atoms with Crippen molar-refractivity contribution in [3.8, 4) is 28.4 Å². The largest absolute Gasteiger partial charge is 0.185 e. The summed E-state index contributed by atoms with van der Waals surface area (Å²) in [7, 11) is 0.